The van der Waals surface area contributed by atoms with E-state index in [-0.39, 0.29) is 54.5 Å². The molecule has 1 saturated heterocycles. The third-order valence-corrected chi connectivity index (χ3v) is 11.6. The van der Waals surface area contributed by atoms with Crippen LogP contribution in [-0.4, -0.2) is 86.8 Å². The van der Waals surface area contributed by atoms with Crippen molar-refractivity contribution in [3.8, 4) is 0 Å². The number of aromatic nitrogens is 1. The van der Waals surface area contributed by atoms with Crippen molar-refractivity contribution in [3.05, 3.63) is 45.9 Å². The van der Waals surface area contributed by atoms with Gasteiger partial charge in [0.15, 0.2) is 5.78 Å². The molecule has 1 aromatic heterocycles. The number of aliphatic carboxylic acids is 1. The fourth-order valence-electron chi connectivity index (χ4n) is 6.78. The van der Waals surface area contributed by atoms with E-state index in [1.54, 1.807) is 36.4 Å². The average molecular weight is 700 g/mol. The molecule has 2 aromatic rings. The quantitative estimate of drug-likeness (QED) is 0.153. The number of likely N-dealkylation sites (N-methyl/N-ethyl adjacent to an activating group) is 1. The number of likely N-dealkylation sites (tertiary alicyclic amines) is 1. The Morgan fingerprint density at radius 1 is 1.12 bits per heavy atom. The summed E-state index contributed by atoms with van der Waals surface area (Å²) in [6, 6.07) is 6.42. The van der Waals surface area contributed by atoms with Gasteiger partial charge in [0.05, 0.1) is 11.5 Å². The number of hydrogen-bond acceptors (Lipinski definition) is 9. The third-order valence-electron chi connectivity index (χ3n) is 10.6. The molecule has 7 atom stereocenters. The molecular weight excluding hydrogens is 643 g/mol. The molecule has 0 bridgehead atoms. The van der Waals surface area contributed by atoms with Crippen molar-refractivity contribution >= 4 is 40.6 Å². The summed E-state index contributed by atoms with van der Waals surface area (Å²) in [7, 11) is 3.73. The second-order valence-electron chi connectivity index (χ2n) is 14.6. The van der Waals surface area contributed by atoms with Crippen molar-refractivity contribution in [2.75, 3.05) is 26.4 Å². The summed E-state index contributed by atoms with van der Waals surface area (Å²) in [5, 5.41) is 25.7. The van der Waals surface area contributed by atoms with Crippen molar-refractivity contribution in [1.82, 2.24) is 20.1 Å². The van der Waals surface area contributed by atoms with Crippen LogP contribution in [0.25, 0.3) is 0 Å². The van der Waals surface area contributed by atoms with Gasteiger partial charge in [-0.05, 0) is 75.7 Å². The Kier molecular flexibility index (Phi) is 14.3. The van der Waals surface area contributed by atoms with Gasteiger partial charge < -0.3 is 26.2 Å². The van der Waals surface area contributed by atoms with Gasteiger partial charge in [-0.15, -0.1) is 11.3 Å². The van der Waals surface area contributed by atoms with Crippen LogP contribution < -0.4 is 11.1 Å². The highest BCUT2D eigenvalue weighted by Gasteiger charge is 2.43. The number of thiazole rings is 1. The molecule has 0 aliphatic carbocycles. The van der Waals surface area contributed by atoms with Gasteiger partial charge in [-0.2, -0.15) is 0 Å². The van der Waals surface area contributed by atoms with Crippen molar-refractivity contribution < 1.29 is 29.4 Å². The minimum atomic E-state index is -1.03. The zero-order valence-electron chi connectivity index (χ0n) is 30.4. The van der Waals surface area contributed by atoms with Crippen molar-refractivity contribution in [2.45, 2.75) is 110 Å². The van der Waals surface area contributed by atoms with Gasteiger partial charge >= 0.3 is 5.97 Å². The molecule has 1 fully saturated rings. The summed E-state index contributed by atoms with van der Waals surface area (Å²) in [6.45, 7) is 12.5. The maximum Gasteiger partial charge on any atom is 0.306 e. The second kappa shape index (κ2) is 17.5. The number of carboxylic acid groups (broad SMARTS) is 1. The molecule has 1 aliphatic rings. The highest BCUT2D eigenvalue weighted by Crippen LogP contribution is 2.34. The lowest BCUT2D eigenvalue weighted by molar-refractivity contribution is -0.143. The lowest BCUT2D eigenvalue weighted by Gasteiger charge is -2.37. The summed E-state index contributed by atoms with van der Waals surface area (Å²) in [5.74, 6) is -2.53. The minimum absolute atomic E-state index is 0.00316. The van der Waals surface area contributed by atoms with Crippen LogP contribution in [0.15, 0.2) is 29.6 Å². The first-order valence-corrected chi connectivity index (χ1v) is 18.4. The van der Waals surface area contributed by atoms with Crippen LogP contribution in [0.3, 0.4) is 0 Å². The molecular formula is C37H57N5O6S. The van der Waals surface area contributed by atoms with Crippen LogP contribution in [-0.2, 0) is 20.8 Å². The van der Waals surface area contributed by atoms with Gasteiger partial charge in [-0.3, -0.25) is 24.1 Å². The number of nitrogens with zero attached hydrogens (tertiary/aromatic N) is 3. The van der Waals surface area contributed by atoms with E-state index in [1.165, 1.54) is 11.3 Å². The number of amides is 2. The second-order valence-corrected chi connectivity index (χ2v) is 15.5. The Balaban J connectivity index is 1.72. The van der Waals surface area contributed by atoms with Gasteiger partial charge in [-0.1, -0.05) is 53.2 Å². The van der Waals surface area contributed by atoms with E-state index in [4.69, 9.17) is 5.73 Å². The lowest BCUT2D eigenvalue weighted by Crippen LogP contribution is -2.50. The first-order valence-electron chi connectivity index (χ1n) is 17.5. The molecule has 272 valence electrons. The molecule has 3 rings (SSSR count). The van der Waals surface area contributed by atoms with Crippen LogP contribution in [0.1, 0.15) is 107 Å². The van der Waals surface area contributed by atoms with Crippen LogP contribution in [0.5, 0.6) is 0 Å². The van der Waals surface area contributed by atoms with E-state index in [2.05, 4.69) is 15.2 Å². The van der Waals surface area contributed by atoms with Crippen LogP contribution in [0, 0.1) is 23.7 Å². The van der Waals surface area contributed by atoms with Crippen LogP contribution in [0.2, 0.25) is 0 Å². The summed E-state index contributed by atoms with van der Waals surface area (Å²) < 4.78 is 0. The molecule has 5 N–H and O–H groups in total. The Bertz CT molecular complexity index is 1430. The van der Waals surface area contributed by atoms with Gasteiger partial charge in [-0.25, -0.2) is 4.98 Å². The summed E-state index contributed by atoms with van der Waals surface area (Å²) in [4.78, 5) is 60.8. The number of nitrogen functional groups attached to an aromatic ring is 1. The number of carbonyl (C=O) groups excluding carboxylic acids is 3. The summed E-state index contributed by atoms with van der Waals surface area (Å²) in [5.41, 5.74) is 6.90. The largest absolute Gasteiger partial charge is 0.481 e. The maximum absolute atomic E-state index is 14.1. The molecule has 0 saturated carbocycles. The van der Waals surface area contributed by atoms with Crippen molar-refractivity contribution in [3.63, 3.8) is 0 Å². The van der Waals surface area contributed by atoms with Gasteiger partial charge in [0.1, 0.15) is 16.8 Å². The SMILES string of the molecule is CC[C@H](C)[C@H](CC(=O)[C@@]1(C)CCCN1C)C(=O)N(C)[C@H](C[C@H](O)c1nc(C(=O)N[C@@H](Cc2ccc(N)cc2)C[C@H](C)C(=O)O)cs1)C(C)C. The van der Waals surface area contributed by atoms with E-state index in [1.807, 2.05) is 53.8 Å². The molecule has 0 radical (unpaired) electrons. The van der Waals surface area contributed by atoms with Gasteiger partial charge in [0, 0.05) is 49.0 Å². The van der Waals surface area contributed by atoms with Gasteiger partial charge in [0.2, 0.25) is 5.91 Å². The van der Waals surface area contributed by atoms with E-state index >= 15 is 0 Å². The molecule has 2 amide bonds. The predicted octanol–water partition coefficient (Wildman–Crippen LogP) is 5.19. The molecule has 1 aromatic carbocycles. The number of Topliss-reactive ketones (excluding diaryl/α,β-unsaturated/α-hetero) is 1. The Morgan fingerprint density at radius 3 is 2.33 bits per heavy atom. The Hall–Kier alpha value is -3.35. The van der Waals surface area contributed by atoms with Crippen molar-refractivity contribution in [2.24, 2.45) is 23.7 Å². The molecule has 2 heterocycles. The first kappa shape index (κ1) is 40.1. The van der Waals surface area contributed by atoms with E-state index in [9.17, 15) is 29.4 Å². The molecule has 0 unspecified atom stereocenters. The fraction of sp³-hybridized carbons (Fsp3) is 0.649. The average Bonchev–Trinajstić information content (AvgIpc) is 3.69. The zero-order chi connectivity index (χ0) is 36.6. The number of carboxylic acids is 1. The molecule has 1 aliphatic heterocycles. The molecule has 0 spiro atoms. The number of aliphatic hydroxyl groups is 1. The van der Waals surface area contributed by atoms with Crippen LogP contribution >= 0.6 is 11.3 Å². The Morgan fingerprint density at radius 2 is 1.78 bits per heavy atom. The van der Waals surface area contributed by atoms with Crippen molar-refractivity contribution in [1.29, 1.82) is 0 Å². The highest BCUT2D eigenvalue weighted by atomic mass is 32.1. The number of nitrogens with one attached hydrogen (secondary N) is 1. The fourth-order valence-corrected chi connectivity index (χ4v) is 7.58. The number of rotatable bonds is 18. The predicted molar refractivity (Wildman–Crippen MR) is 193 cm³/mol. The lowest BCUT2D eigenvalue weighted by atomic mass is 9.80. The number of nitrogens with two attached hydrogens (primary N) is 1. The zero-order valence-corrected chi connectivity index (χ0v) is 31.3. The maximum atomic E-state index is 14.1. The highest BCUT2D eigenvalue weighted by molar-refractivity contribution is 7.09. The number of hydrogen-bond donors (Lipinski definition) is 4. The normalized spacial score (nSPS) is 20.3. The summed E-state index contributed by atoms with van der Waals surface area (Å²) >= 11 is 1.17. The third kappa shape index (κ3) is 10.3. The number of aliphatic hydroxyl groups excluding tert-OH is 1. The van der Waals surface area contributed by atoms with E-state index in [0.717, 1.165) is 31.4 Å². The number of benzene rings is 1. The van der Waals surface area contributed by atoms with E-state index in [0.29, 0.717) is 17.1 Å². The standard InChI is InChI=1S/C37H57N5O6S/c1-9-23(4)28(19-32(44)37(6)15-10-16-41(37)7)35(46)42(8)30(22(2)3)20-31(43)34-40-29(21-49-34)33(45)39-27(17-24(5)36(47)48)18-25-11-13-26(38)14-12-25/h11-14,21-24,27-28,30-31,43H,9-10,15-20,38H2,1-8H3,(H,39,45)(H,47,48)/t23-,24-,27+,28-,30+,31-,37+/m0/s1. The number of carbonyl (C=O) groups is 4. The van der Waals surface area contributed by atoms with E-state index < -0.39 is 41.4 Å². The van der Waals surface area contributed by atoms with Crippen LogP contribution in [0.4, 0.5) is 5.69 Å². The molecule has 12 heteroatoms. The topological polar surface area (TPSA) is 166 Å². The number of ketones is 1. The first-order chi connectivity index (χ1) is 23.0. The molecule has 49 heavy (non-hydrogen) atoms. The molecule has 11 nitrogen and oxygen atoms in total. The van der Waals surface area contributed by atoms with Gasteiger partial charge in [0.25, 0.3) is 5.91 Å². The summed E-state index contributed by atoms with van der Waals surface area (Å²) in [6.07, 6.45) is 2.52. The Labute approximate surface area is 295 Å². The smallest absolute Gasteiger partial charge is 0.306 e. The minimum Gasteiger partial charge on any atom is -0.481 e. The number of anilines is 1. The monoisotopic (exact) mass is 699 g/mol.